The van der Waals surface area contributed by atoms with Crippen LogP contribution in [0, 0.1) is 0 Å². The fraction of sp³-hybridized carbons (Fsp3) is 0.0476. The quantitative estimate of drug-likeness (QED) is 0.167. The lowest BCUT2D eigenvalue weighted by atomic mass is 9.82. The highest BCUT2D eigenvalue weighted by Gasteiger charge is 2.36. The molecule has 67 heavy (non-hydrogen) atoms. The lowest BCUT2D eigenvalue weighted by Gasteiger charge is -2.28. The lowest BCUT2D eigenvalue weighted by Crippen LogP contribution is -2.16. The smallest absolute Gasteiger partial charge is 0.160 e. The Kier molecular flexibility index (Phi) is 8.00. The number of benzene rings is 10. The number of para-hydroxylation sites is 4. The number of hydrogen-bond acceptors (Lipinski definition) is 2. The van der Waals surface area contributed by atoms with E-state index >= 15 is 0 Å². The zero-order valence-electron chi connectivity index (χ0n) is 37.1. The summed E-state index contributed by atoms with van der Waals surface area (Å²) in [5.41, 5.74) is 19.5. The molecule has 0 bridgehead atoms. The van der Waals surface area contributed by atoms with Crippen molar-refractivity contribution in [3.63, 3.8) is 0 Å². The summed E-state index contributed by atoms with van der Waals surface area (Å²) in [6, 6.07) is 81.9. The van der Waals surface area contributed by atoms with Crippen LogP contribution in [0.25, 0.3) is 99.2 Å². The zero-order valence-corrected chi connectivity index (χ0v) is 37.1. The highest BCUT2D eigenvalue weighted by atomic mass is 16.3. The molecule has 0 atom stereocenters. The zero-order chi connectivity index (χ0) is 44.4. The fourth-order valence-electron chi connectivity index (χ4n) is 11.3. The van der Waals surface area contributed by atoms with Crippen LogP contribution in [-0.4, -0.2) is 9.13 Å². The van der Waals surface area contributed by atoms with Crippen molar-refractivity contribution in [1.82, 2.24) is 9.13 Å². The Morgan fingerprint density at radius 1 is 0.373 bits per heavy atom. The first kappa shape index (κ1) is 37.7. The minimum atomic E-state index is -0.137. The third-order valence-corrected chi connectivity index (χ3v) is 14.5. The van der Waals surface area contributed by atoms with Crippen molar-refractivity contribution >= 4 is 82.6 Å². The maximum absolute atomic E-state index is 6.68. The molecule has 13 aromatic rings. The molecule has 0 radical (unpaired) electrons. The summed E-state index contributed by atoms with van der Waals surface area (Å²) in [6.07, 6.45) is 0. The summed E-state index contributed by atoms with van der Waals surface area (Å²) in [5, 5.41) is 7.13. The largest absolute Gasteiger partial charge is 0.454 e. The Hall–Kier alpha value is -8.60. The third kappa shape index (κ3) is 5.54. The van der Waals surface area contributed by atoms with Crippen molar-refractivity contribution < 1.29 is 4.42 Å². The predicted molar refractivity (Wildman–Crippen MR) is 280 cm³/mol. The minimum Gasteiger partial charge on any atom is -0.454 e. The summed E-state index contributed by atoms with van der Waals surface area (Å²) in [7, 11) is 0. The topological polar surface area (TPSA) is 26.2 Å². The van der Waals surface area contributed by atoms with Gasteiger partial charge in [-0.2, -0.15) is 0 Å². The van der Waals surface area contributed by atoms with Gasteiger partial charge in [0.05, 0.1) is 22.1 Å². The maximum atomic E-state index is 6.68. The standard InChI is InChI=1S/C63H43N3O/c1-63(2)55-20-10-6-16-47(55)48-34-33-46(39-56(48)63)64(43-27-24-40(25-28-43)41-26-37-59-54(38-41)50-18-8-11-21-57(50)65(59)42-14-4-3-5-15-42)44-29-31-45(32-30-44)66-58-22-12-7-17-49(58)52-35-36-53-51-19-9-13-23-60(51)67-62(53)61(52)66/h3-39H,1-2H3. The van der Waals surface area contributed by atoms with Gasteiger partial charge in [0.1, 0.15) is 5.58 Å². The van der Waals surface area contributed by atoms with Crippen LogP contribution >= 0.6 is 0 Å². The summed E-state index contributed by atoms with van der Waals surface area (Å²) in [4.78, 5) is 2.41. The van der Waals surface area contributed by atoms with E-state index in [4.69, 9.17) is 4.42 Å². The third-order valence-electron chi connectivity index (χ3n) is 14.5. The van der Waals surface area contributed by atoms with Crippen molar-refractivity contribution in [3.05, 3.63) is 236 Å². The number of hydrogen-bond donors (Lipinski definition) is 0. The molecule has 0 saturated heterocycles. The van der Waals surface area contributed by atoms with Crippen LogP contribution in [0.3, 0.4) is 0 Å². The van der Waals surface area contributed by atoms with Gasteiger partial charge >= 0.3 is 0 Å². The van der Waals surface area contributed by atoms with Gasteiger partial charge < -0.3 is 18.5 Å². The number of anilines is 3. The Bertz CT molecular complexity index is 4110. The van der Waals surface area contributed by atoms with Gasteiger partial charge in [-0.05, 0) is 130 Å². The normalized spacial score (nSPS) is 13.0. The number of fused-ring (bicyclic) bond motifs is 13. The van der Waals surface area contributed by atoms with Crippen molar-refractivity contribution in [3.8, 4) is 33.6 Å². The molecule has 3 heterocycles. The second-order valence-electron chi connectivity index (χ2n) is 18.5. The molecule has 10 aromatic carbocycles. The van der Waals surface area contributed by atoms with Gasteiger partial charge in [-0.1, -0.05) is 141 Å². The van der Waals surface area contributed by atoms with Crippen molar-refractivity contribution in [2.45, 2.75) is 19.3 Å². The minimum absolute atomic E-state index is 0.137. The van der Waals surface area contributed by atoms with Gasteiger partial charge in [0.2, 0.25) is 0 Å². The molecule has 1 aliphatic carbocycles. The average Bonchev–Trinajstić information content (AvgIpc) is 4.10. The Morgan fingerprint density at radius 2 is 0.940 bits per heavy atom. The SMILES string of the molecule is CC1(C)c2ccccc2-c2ccc(N(c3ccc(-c4ccc5c(c4)c4ccccc4n5-c4ccccc4)cc3)c3ccc(-n4c5ccccc5c5ccc6c7ccccc7oc6c54)cc3)cc21. The summed E-state index contributed by atoms with van der Waals surface area (Å²) >= 11 is 0. The summed E-state index contributed by atoms with van der Waals surface area (Å²) in [6.45, 7) is 4.71. The van der Waals surface area contributed by atoms with E-state index in [1.807, 2.05) is 6.07 Å². The summed E-state index contributed by atoms with van der Waals surface area (Å²) in [5.74, 6) is 0. The molecule has 0 fully saturated rings. The van der Waals surface area contributed by atoms with Gasteiger partial charge in [-0.15, -0.1) is 0 Å². The van der Waals surface area contributed by atoms with E-state index in [-0.39, 0.29) is 5.41 Å². The van der Waals surface area contributed by atoms with E-state index in [1.165, 1.54) is 66.0 Å². The van der Waals surface area contributed by atoms with Gasteiger partial charge in [0.25, 0.3) is 0 Å². The van der Waals surface area contributed by atoms with Crippen molar-refractivity contribution in [2.75, 3.05) is 4.90 Å². The van der Waals surface area contributed by atoms with Crippen LogP contribution < -0.4 is 4.90 Å². The van der Waals surface area contributed by atoms with Gasteiger partial charge in [0, 0.05) is 66.2 Å². The van der Waals surface area contributed by atoms with Crippen LogP contribution in [0.5, 0.6) is 0 Å². The van der Waals surface area contributed by atoms with Crippen LogP contribution in [0.15, 0.2) is 229 Å². The van der Waals surface area contributed by atoms with Crippen molar-refractivity contribution in [1.29, 1.82) is 0 Å². The van der Waals surface area contributed by atoms with E-state index in [0.29, 0.717) is 0 Å². The van der Waals surface area contributed by atoms with Crippen LogP contribution in [0.1, 0.15) is 25.0 Å². The number of aromatic nitrogens is 2. The van der Waals surface area contributed by atoms with Gasteiger partial charge in [0.15, 0.2) is 5.58 Å². The first-order chi connectivity index (χ1) is 33.0. The second-order valence-corrected chi connectivity index (χ2v) is 18.5. The van der Waals surface area contributed by atoms with E-state index < -0.39 is 0 Å². The van der Waals surface area contributed by atoms with E-state index in [0.717, 1.165) is 61.4 Å². The molecule has 0 spiro atoms. The van der Waals surface area contributed by atoms with E-state index in [9.17, 15) is 0 Å². The molecular weight excluding hydrogens is 815 g/mol. The van der Waals surface area contributed by atoms with Crippen LogP contribution in [0.2, 0.25) is 0 Å². The molecule has 14 rings (SSSR count). The lowest BCUT2D eigenvalue weighted by molar-refractivity contribution is 0.660. The molecule has 316 valence electrons. The molecule has 0 aliphatic heterocycles. The maximum Gasteiger partial charge on any atom is 0.160 e. The van der Waals surface area contributed by atoms with Crippen molar-refractivity contribution in [2.24, 2.45) is 0 Å². The Balaban J connectivity index is 0.908. The van der Waals surface area contributed by atoms with E-state index in [2.05, 4.69) is 246 Å². The van der Waals surface area contributed by atoms with Gasteiger partial charge in [-0.25, -0.2) is 0 Å². The number of furan rings is 1. The monoisotopic (exact) mass is 857 g/mol. The molecule has 4 nitrogen and oxygen atoms in total. The van der Waals surface area contributed by atoms with E-state index in [1.54, 1.807) is 0 Å². The Labute approximate surface area is 387 Å². The molecule has 0 saturated carbocycles. The van der Waals surface area contributed by atoms with Crippen LogP contribution in [0.4, 0.5) is 17.1 Å². The molecule has 0 amide bonds. The van der Waals surface area contributed by atoms with Crippen LogP contribution in [-0.2, 0) is 5.41 Å². The fourth-order valence-corrected chi connectivity index (χ4v) is 11.3. The first-order valence-corrected chi connectivity index (χ1v) is 23.2. The highest BCUT2D eigenvalue weighted by Crippen LogP contribution is 2.51. The molecular formula is C63H43N3O. The molecule has 4 heteroatoms. The first-order valence-electron chi connectivity index (χ1n) is 23.2. The highest BCUT2D eigenvalue weighted by molar-refractivity contribution is 6.21. The number of rotatable bonds is 6. The van der Waals surface area contributed by atoms with Gasteiger partial charge in [-0.3, -0.25) is 0 Å². The number of nitrogens with zero attached hydrogens (tertiary/aromatic N) is 3. The summed E-state index contributed by atoms with van der Waals surface area (Å²) < 4.78 is 11.4. The molecule has 0 N–H and O–H groups in total. The molecule has 3 aromatic heterocycles. The Morgan fingerprint density at radius 3 is 1.73 bits per heavy atom. The second kappa shape index (κ2) is 14.2. The predicted octanol–water partition coefficient (Wildman–Crippen LogP) is 17.2. The molecule has 0 unspecified atom stereocenters. The average molecular weight is 858 g/mol. The molecule has 1 aliphatic rings.